The van der Waals surface area contributed by atoms with Crippen molar-refractivity contribution >= 4 is 94.8 Å². The smallest absolute Gasteiger partial charge is 0.326 e. The monoisotopic (exact) mass is 1260 g/mol. The van der Waals surface area contributed by atoms with Crippen LogP contribution in [0, 0.1) is 17.8 Å². The summed E-state index contributed by atoms with van der Waals surface area (Å²) in [5.41, 5.74) is 27.2. The number of primary amides is 2. The van der Waals surface area contributed by atoms with E-state index in [-0.39, 0.29) is 50.5 Å². The van der Waals surface area contributed by atoms with Crippen LogP contribution >= 0.6 is 0 Å². The number of rotatable bonds is 43. The van der Waals surface area contributed by atoms with E-state index in [1.165, 1.54) is 0 Å². The summed E-state index contributed by atoms with van der Waals surface area (Å²) >= 11 is 0. The first kappa shape index (κ1) is 79.2. The number of carbonyl (C=O) groups excluding carboxylic acids is 12. The summed E-state index contributed by atoms with van der Waals surface area (Å²) in [6.07, 6.45) is -7.28. The highest BCUT2D eigenvalue weighted by Crippen LogP contribution is 2.13. The summed E-state index contributed by atoms with van der Waals surface area (Å²) in [5.74, 6) is -20.5. The van der Waals surface area contributed by atoms with Crippen molar-refractivity contribution in [2.45, 2.75) is 185 Å². The van der Waals surface area contributed by atoms with Gasteiger partial charge < -0.3 is 112 Å². The second kappa shape index (κ2) is 39.8. The van der Waals surface area contributed by atoms with Crippen molar-refractivity contribution in [2.24, 2.45) is 51.4 Å². The number of hydrogen-bond donors (Lipinski definition) is 21. The summed E-state index contributed by atoms with van der Waals surface area (Å²) in [6.45, 7) is 8.81. The number of amides is 12. The van der Waals surface area contributed by atoms with Gasteiger partial charge in [0.25, 0.3) is 0 Å². The van der Waals surface area contributed by atoms with Crippen molar-refractivity contribution in [3.63, 3.8) is 0 Å². The molecule has 0 unspecified atom stereocenters. The molecule has 498 valence electrons. The number of nitrogens with zero attached hydrogens (tertiary/aromatic N) is 1. The fraction of sp³-hybridized carbons (Fsp3) is 0.686. The number of nitrogens with one attached hydrogen (secondary N) is 10. The van der Waals surface area contributed by atoms with E-state index in [9.17, 15) is 97.5 Å². The first-order valence-electron chi connectivity index (χ1n) is 27.8. The molecule has 37 nitrogen and oxygen atoms in total. The van der Waals surface area contributed by atoms with Crippen LogP contribution in [-0.2, 0) is 71.9 Å². The van der Waals surface area contributed by atoms with Gasteiger partial charge in [-0.15, -0.1) is 0 Å². The van der Waals surface area contributed by atoms with Gasteiger partial charge in [-0.2, -0.15) is 0 Å². The van der Waals surface area contributed by atoms with Crippen molar-refractivity contribution in [1.82, 2.24) is 53.2 Å². The van der Waals surface area contributed by atoms with Crippen molar-refractivity contribution in [3.8, 4) is 0 Å². The standard InChI is InChI=1S/C51H88N16O21/c1-21(2)13-28(60-46(83)31(16-35(53)71)63-44(81)29(14-22(3)4)62-48(85)34(20-69)66-40(77)25(52)19-68)43(80)58-26(9-8-12-57-51(55)56)41(78)59-27(10-11-37(73)74)42(79)67-39(24(7)70)49(86)64-32(17-36(54)72)47(84)61-30(15-23(5)6)45(82)65-33(50(87)88)18-38(75)76/h21-34,39,68-70H,8-20,52H2,1-7H3,(H2,53,71)(H2,54,72)(H,58,80)(H,59,78)(H,60,83)(H,61,84)(H,62,85)(H,63,81)(H,64,86)(H,65,82)(H,66,77)(H,67,79)(H,73,74)(H,75,76)(H,87,88)(H4,55,56,57)/t24-,25+,26+,27+,28+,29+,30+,31+,32+,33+,34+,39+/m1/s1. The van der Waals surface area contributed by atoms with Gasteiger partial charge in [0.2, 0.25) is 70.9 Å². The largest absolute Gasteiger partial charge is 0.481 e. The third-order valence-corrected chi connectivity index (χ3v) is 12.4. The minimum absolute atomic E-state index is 0.0767. The molecule has 88 heavy (non-hydrogen) atoms. The molecule has 0 spiro atoms. The van der Waals surface area contributed by atoms with E-state index in [2.05, 4.69) is 52.8 Å². The average molecular weight is 1260 g/mol. The van der Waals surface area contributed by atoms with E-state index in [0.29, 0.717) is 0 Å². The number of aliphatic carboxylic acids is 3. The molecule has 0 bridgehead atoms. The van der Waals surface area contributed by atoms with Crippen molar-refractivity contribution in [1.29, 1.82) is 0 Å². The number of aliphatic hydroxyl groups excluding tert-OH is 3. The molecule has 0 radical (unpaired) electrons. The third-order valence-electron chi connectivity index (χ3n) is 12.4. The van der Waals surface area contributed by atoms with Crippen LogP contribution in [0.2, 0.25) is 0 Å². The Labute approximate surface area is 505 Å². The molecule has 0 aromatic carbocycles. The lowest BCUT2D eigenvalue weighted by Crippen LogP contribution is -2.62. The van der Waals surface area contributed by atoms with Crippen molar-refractivity contribution in [2.75, 3.05) is 19.8 Å². The molecule has 0 saturated heterocycles. The van der Waals surface area contributed by atoms with E-state index in [0.717, 1.165) is 6.92 Å². The summed E-state index contributed by atoms with van der Waals surface area (Å²) < 4.78 is 0. The Morgan fingerprint density at radius 3 is 1.09 bits per heavy atom. The fourth-order valence-corrected chi connectivity index (χ4v) is 8.00. The van der Waals surface area contributed by atoms with E-state index in [1.54, 1.807) is 41.5 Å². The van der Waals surface area contributed by atoms with Crippen LogP contribution in [0.1, 0.15) is 113 Å². The second-order valence-electron chi connectivity index (χ2n) is 21.8. The lowest BCUT2D eigenvalue weighted by molar-refractivity contribution is -0.147. The predicted molar refractivity (Wildman–Crippen MR) is 306 cm³/mol. The van der Waals surface area contributed by atoms with Gasteiger partial charge in [0.15, 0.2) is 5.96 Å². The molecule has 0 aliphatic rings. The highest BCUT2D eigenvalue weighted by molar-refractivity contribution is 6.00. The number of carboxylic acid groups (broad SMARTS) is 3. The number of nitrogens with two attached hydrogens (primary N) is 5. The summed E-state index contributed by atoms with van der Waals surface area (Å²) in [6, 6.07) is -19.3. The Balaban J connectivity index is 7.09. The Hall–Kier alpha value is -8.84. The van der Waals surface area contributed by atoms with E-state index < -0.39 is 219 Å². The maximum atomic E-state index is 14.3. The van der Waals surface area contributed by atoms with Crippen LogP contribution in [-0.4, -0.2) is 218 Å². The number of aliphatic hydroxyl groups is 3. The molecule has 0 heterocycles. The maximum Gasteiger partial charge on any atom is 0.326 e. The van der Waals surface area contributed by atoms with Crippen LogP contribution in [0.5, 0.6) is 0 Å². The Morgan fingerprint density at radius 1 is 0.398 bits per heavy atom. The number of carbonyl (C=O) groups is 15. The van der Waals surface area contributed by atoms with Gasteiger partial charge in [0.05, 0.1) is 38.6 Å². The molecule has 12 atom stereocenters. The quantitative estimate of drug-likeness (QED) is 0.0153. The molecule has 0 saturated carbocycles. The van der Waals surface area contributed by atoms with Crippen LogP contribution < -0.4 is 81.8 Å². The molecule has 0 aliphatic carbocycles. The predicted octanol–water partition coefficient (Wildman–Crippen LogP) is -9.11. The third kappa shape index (κ3) is 31.5. The van der Waals surface area contributed by atoms with Crippen molar-refractivity contribution in [3.05, 3.63) is 0 Å². The van der Waals surface area contributed by atoms with Gasteiger partial charge in [-0.3, -0.25) is 72.1 Å². The first-order chi connectivity index (χ1) is 40.8. The molecule has 0 aromatic rings. The Kier molecular flexibility index (Phi) is 35.8. The van der Waals surface area contributed by atoms with Crippen LogP contribution in [0.25, 0.3) is 0 Å². The van der Waals surface area contributed by atoms with Crippen LogP contribution in [0.3, 0.4) is 0 Å². The molecule has 26 N–H and O–H groups in total. The first-order valence-corrected chi connectivity index (χ1v) is 27.8. The molecule has 0 fully saturated rings. The minimum Gasteiger partial charge on any atom is -0.481 e. The molecule has 0 aromatic heterocycles. The van der Waals surface area contributed by atoms with Gasteiger partial charge in [0.1, 0.15) is 66.5 Å². The summed E-state index contributed by atoms with van der Waals surface area (Å²) in [4.78, 5) is 200. The van der Waals surface area contributed by atoms with E-state index in [1.807, 2.05) is 5.32 Å². The van der Waals surface area contributed by atoms with Gasteiger partial charge in [-0.05, 0) is 63.2 Å². The molecular formula is C51H88N16O21. The lowest BCUT2D eigenvalue weighted by atomic mass is 10.00. The zero-order chi connectivity index (χ0) is 67.9. The highest BCUT2D eigenvalue weighted by Gasteiger charge is 2.38. The number of guanidine groups is 1. The van der Waals surface area contributed by atoms with E-state index >= 15 is 0 Å². The number of aliphatic imine (C=N–C) groups is 1. The average Bonchev–Trinajstić information content (AvgIpc) is 3.19. The summed E-state index contributed by atoms with van der Waals surface area (Å²) in [5, 5.41) is 80.5. The zero-order valence-corrected chi connectivity index (χ0v) is 50.0. The van der Waals surface area contributed by atoms with Crippen LogP contribution in [0.4, 0.5) is 0 Å². The molecule has 0 aliphatic heterocycles. The van der Waals surface area contributed by atoms with Gasteiger partial charge >= 0.3 is 17.9 Å². The highest BCUT2D eigenvalue weighted by atomic mass is 16.4. The zero-order valence-electron chi connectivity index (χ0n) is 50.0. The second-order valence-corrected chi connectivity index (χ2v) is 21.8. The minimum atomic E-state index is -2.09. The topological polar surface area (TPSA) is 640 Å². The van der Waals surface area contributed by atoms with Crippen molar-refractivity contribution < 1.29 is 103 Å². The summed E-state index contributed by atoms with van der Waals surface area (Å²) in [7, 11) is 0. The maximum absolute atomic E-state index is 14.3. The molecule has 12 amide bonds. The normalized spacial score (nSPS) is 15.2. The lowest BCUT2D eigenvalue weighted by Gasteiger charge is -2.29. The SMILES string of the molecule is CC(C)C[C@H](NC(=O)[C@H](CC(N)=O)NC(=O)[C@@H](NC(=O)[C@H](CCC(=O)O)NC(=O)[C@H](CCCN=C(N)N)NC(=O)[C@H](CC(C)C)NC(=O)[C@H](CC(N)=O)NC(=O)[C@H](CC(C)C)NC(=O)[C@H](CO)NC(=O)[C@@H](N)CO)[C@@H](C)O)C(=O)N[C@@H](CC(=O)O)C(=O)O. The number of carboxylic acids is 3. The Morgan fingerprint density at radius 2 is 0.739 bits per heavy atom. The fourth-order valence-electron chi connectivity index (χ4n) is 8.00. The molecule has 0 rings (SSSR count). The molecule has 37 heteroatoms. The van der Waals surface area contributed by atoms with E-state index in [4.69, 9.17) is 33.8 Å². The number of hydrogen-bond acceptors (Lipinski definition) is 20. The van der Waals surface area contributed by atoms with Gasteiger partial charge in [0, 0.05) is 13.0 Å². The van der Waals surface area contributed by atoms with Gasteiger partial charge in [-0.25, -0.2) is 4.79 Å². The molecular weight excluding hydrogens is 1170 g/mol. The van der Waals surface area contributed by atoms with Crippen LogP contribution in [0.15, 0.2) is 4.99 Å². The van der Waals surface area contributed by atoms with Gasteiger partial charge in [-0.1, -0.05) is 41.5 Å². The Bertz CT molecular complexity index is 2490.